The van der Waals surface area contributed by atoms with Crippen molar-refractivity contribution in [3.8, 4) is 6.07 Å². The summed E-state index contributed by atoms with van der Waals surface area (Å²) in [5.41, 5.74) is 0.780. The van der Waals surface area contributed by atoms with Crippen molar-refractivity contribution in [2.24, 2.45) is 45.8 Å². The highest BCUT2D eigenvalue weighted by Crippen LogP contribution is 2.69. The Labute approximate surface area is 202 Å². The minimum atomic E-state index is -1.44. The molecule has 184 valence electrons. The number of nitriles is 1. The summed E-state index contributed by atoms with van der Waals surface area (Å²) in [7, 11) is 0. The van der Waals surface area contributed by atoms with Crippen LogP contribution in [-0.4, -0.2) is 28.8 Å². The molecule has 0 radical (unpaired) electrons. The molecule has 9 unspecified atom stereocenters. The van der Waals surface area contributed by atoms with Crippen molar-refractivity contribution in [2.45, 2.75) is 78.2 Å². The van der Waals surface area contributed by atoms with E-state index in [0.29, 0.717) is 13.0 Å². The molecule has 2 N–H and O–H groups in total. The first kappa shape index (κ1) is 23.9. The average molecular weight is 466 g/mol. The van der Waals surface area contributed by atoms with Crippen LogP contribution in [0.15, 0.2) is 23.3 Å². The third-order valence-corrected chi connectivity index (χ3v) is 11.2. The minimum absolute atomic E-state index is 0.0477. The fourth-order valence-corrected chi connectivity index (χ4v) is 9.32. The van der Waals surface area contributed by atoms with Gasteiger partial charge in [0.2, 0.25) is 0 Å². The number of fused-ring (bicyclic) bond motifs is 7. The van der Waals surface area contributed by atoms with E-state index in [1.807, 2.05) is 13.0 Å². The van der Waals surface area contributed by atoms with E-state index in [1.54, 1.807) is 6.08 Å². The number of allylic oxidation sites excluding steroid dienone is 3. The van der Waals surface area contributed by atoms with Gasteiger partial charge in [0.25, 0.3) is 0 Å². The zero-order valence-electron chi connectivity index (χ0n) is 20.8. The molecule has 5 aliphatic rings. The lowest BCUT2D eigenvalue weighted by Gasteiger charge is -2.66. The number of hydrogen-bond donors (Lipinski definition) is 2. The molecule has 0 aromatic rings. The van der Waals surface area contributed by atoms with E-state index in [2.05, 4.69) is 32.3 Å². The van der Waals surface area contributed by atoms with Crippen LogP contribution in [0.5, 0.6) is 0 Å². The van der Waals surface area contributed by atoms with Crippen molar-refractivity contribution < 1.29 is 14.7 Å². The standard InChI is InChI=1S/C28H37N2O4/c1-16-19-6-10-26(3)20-7-9-25(2)8-5-17(15-30-34)11-21(25)28(20,33)23(31)12-22(26)27(19,4)13-18(14-29)24(16)32/h12-13,16-17,19-21,30,33H,5-11,15H2,1-4H3/q-1. The van der Waals surface area contributed by atoms with Gasteiger partial charge in [-0.15, -0.1) is 0 Å². The molecule has 6 heteroatoms. The van der Waals surface area contributed by atoms with Gasteiger partial charge < -0.3 is 15.8 Å². The predicted octanol–water partition coefficient (Wildman–Crippen LogP) is 4.24. The van der Waals surface area contributed by atoms with E-state index in [4.69, 9.17) is 0 Å². The lowest BCUT2D eigenvalue weighted by Crippen LogP contribution is -2.68. The van der Waals surface area contributed by atoms with Crippen LogP contribution in [0.25, 0.3) is 0 Å². The lowest BCUT2D eigenvalue weighted by molar-refractivity contribution is -0.201. The van der Waals surface area contributed by atoms with Crippen LogP contribution in [0, 0.1) is 62.4 Å². The summed E-state index contributed by atoms with van der Waals surface area (Å²) in [6.45, 7) is 8.79. The number of nitrogens with one attached hydrogen (secondary N) is 1. The number of carbonyl (C=O) groups is 2. The Morgan fingerprint density at radius 2 is 1.85 bits per heavy atom. The predicted molar refractivity (Wildman–Crippen MR) is 128 cm³/mol. The number of aliphatic hydroxyl groups is 1. The van der Waals surface area contributed by atoms with Crippen LogP contribution in [0.4, 0.5) is 0 Å². The van der Waals surface area contributed by atoms with Gasteiger partial charge in [-0.2, -0.15) is 5.26 Å². The molecular weight excluding hydrogens is 428 g/mol. The first-order valence-electron chi connectivity index (χ1n) is 13.0. The van der Waals surface area contributed by atoms with Crippen LogP contribution in [0.1, 0.15) is 72.6 Å². The second-order valence-corrected chi connectivity index (χ2v) is 12.7. The Hall–Kier alpha value is -1.81. The Bertz CT molecular complexity index is 1040. The summed E-state index contributed by atoms with van der Waals surface area (Å²) in [5.74, 6) is -0.726. The van der Waals surface area contributed by atoms with Gasteiger partial charge in [0.05, 0.1) is 5.57 Å². The van der Waals surface area contributed by atoms with Crippen molar-refractivity contribution in [3.63, 3.8) is 0 Å². The SMILES string of the molecule is CC1C(=O)C(C#N)=CC2(C)C3=CC(=O)C4(O)C5CC(CN[O-])CCC5(C)CCC4C3(C)CCC12. The Morgan fingerprint density at radius 1 is 1.15 bits per heavy atom. The molecule has 0 aromatic heterocycles. The van der Waals surface area contributed by atoms with Crippen LogP contribution in [0.3, 0.4) is 0 Å². The summed E-state index contributed by atoms with van der Waals surface area (Å²) in [6.07, 6.45) is 9.50. The molecule has 34 heavy (non-hydrogen) atoms. The zero-order chi connectivity index (χ0) is 24.7. The molecule has 5 aliphatic carbocycles. The van der Waals surface area contributed by atoms with E-state index in [-0.39, 0.29) is 57.6 Å². The van der Waals surface area contributed by atoms with Crippen molar-refractivity contribution >= 4 is 11.6 Å². The summed E-state index contributed by atoms with van der Waals surface area (Å²) in [4.78, 5) is 26.7. The number of hydroxylamine groups is 1. The van der Waals surface area contributed by atoms with Gasteiger partial charge >= 0.3 is 0 Å². The molecule has 3 fully saturated rings. The van der Waals surface area contributed by atoms with Crippen LogP contribution in [-0.2, 0) is 9.59 Å². The monoisotopic (exact) mass is 465 g/mol. The molecule has 6 nitrogen and oxygen atoms in total. The van der Waals surface area contributed by atoms with E-state index in [0.717, 1.165) is 44.1 Å². The maximum atomic E-state index is 14.0. The maximum Gasteiger partial charge on any atom is 0.187 e. The minimum Gasteiger partial charge on any atom is -0.788 e. The number of hydrogen-bond acceptors (Lipinski definition) is 6. The summed E-state index contributed by atoms with van der Waals surface area (Å²) in [5, 5.41) is 33.2. The number of nitrogens with zero attached hydrogens (tertiary/aromatic N) is 1. The quantitative estimate of drug-likeness (QED) is 0.590. The van der Waals surface area contributed by atoms with E-state index >= 15 is 0 Å². The molecular formula is C28H37N2O4-. The molecule has 0 amide bonds. The number of Topliss-reactive ketones (excluding diaryl/α,β-unsaturated/α-hetero) is 1. The topological polar surface area (TPSA) is 113 Å². The largest absolute Gasteiger partial charge is 0.788 e. The van der Waals surface area contributed by atoms with Crippen LogP contribution < -0.4 is 5.48 Å². The highest BCUT2D eigenvalue weighted by atomic mass is 16.5. The molecule has 0 saturated heterocycles. The van der Waals surface area contributed by atoms with Gasteiger partial charge in [-0.05, 0) is 80.2 Å². The number of ketones is 2. The van der Waals surface area contributed by atoms with Crippen molar-refractivity contribution in [1.29, 1.82) is 5.26 Å². The number of carbonyl (C=O) groups excluding carboxylic acids is 2. The average Bonchev–Trinajstić information content (AvgIpc) is 2.79. The lowest BCUT2D eigenvalue weighted by atomic mass is 9.39. The van der Waals surface area contributed by atoms with E-state index in [9.17, 15) is 25.2 Å². The van der Waals surface area contributed by atoms with Gasteiger partial charge in [-0.3, -0.25) is 9.59 Å². The summed E-state index contributed by atoms with van der Waals surface area (Å²) < 4.78 is 0. The fraction of sp³-hybridized carbons (Fsp3) is 0.750. The van der Waals surface area contributed by atoms with Crippen LogP contribution >= 0.6 is 0 Å². The van der Waals surface area contributed by atoms with Crippen molar-refractivity contribution in [2.75, 3.05) is 6.54 Å². The smallest absolute Gasteiger partial charge is 0.187 e. The molecule has 3 saturated carbocycles. The zero-order valence-corrected chi connectivity index (χ0v) is 20.8. The van der Waals surface area contributed by atoms with E-state index < -0.39 is 11.0 Å². The van der Waals surface area contributed by atoms with E-state index in [1.165, 1.54) is 0 Å². The Morgan fingerprint density at radius 3 is 2.53 bits per heavy atom. The maximum absolute atomic E-state index is 14.0. The van der Waals surface area contributed by atoms with Gasteiger partial charge in [0.15, 0.2) is 11.6 Å². The summed E-state index contributed by atoms with van der Waals surface area (Å²) >= 11 is 0. The third kappa shape index (κ3) is 2.90. The molecule has 0 aliphatic heterocycles. The van der Waals surface area contributed by atoms with Gasteiger partial charge in [-0.1, -0.05) is 39.3 Å². The van der Waals surface area contributed by atoms with Gasteiger partial charge in [-0.25, -0.2) is 0 Å². The highest BCUT2D eigenvalue weighted by molar-refractivity contribution is 6.03. The molecule has 0 spiro atoms. The molecule has 0 aromatic carbocycles. The highest BCUT2D eigenvalue weighted by Gasteiger charge is 2.69. The Kier molecular flexibility index (Phi) is 5.34. The molecule has 9 atom stereocenters. The van der Waals surface area contributed by atoms with Gasteiger partial charge in [0.1, 0.15) is 11.7 Å². The first-order chi connectivity index (χ1) is 16.0. The summed E-state index contributed by atoms with van der Waals surface area (Å²) in [6, 6.07) is 2.10. The van der Waals surface area contributed by atoms with Crippen molar-refractivity contribution in [3.05, 3.63) is 28.5 Å². The van der Waals surface area contributed by atoms with Crippen molar-refractivity contribution in [1.82, 2.24) is 5.48 Å². The second kappa shape index (κ2) is 7.59. The number of rotatable bonds is 2. The normalized spacial score (nSPS) is 50.1. The third-order valence-electron chi connectivity index (χ3n) is 11.2. The molecule has 0 heterocycles. The Balaban J connectivity index is 1.63. The van der Waals surface area contributed by atoms with Crippen LogP contribution in [0.2, 0.25) is 0 Å². The molecule has 5 rings (SSSR count). The fourth-order valence-electron chi connectivity index (χ4n) is 9.32. The second-order valence-electron chi connectivity index (χ2n) is 12.7. The van der Waals surface area contributed by atoms with Gasteiger partial charge in [0, 0.05) is 23.2 Å². The molecule has 0 bridgehead atoms. The first-order valence-corrected chi connectivity index (χ1v) is 13.0.